The molecule has 0 radical (unpaired) electrons. The Morgan fingerprint density at radius 1 is 1.56 bits per heavy atom. The van der Waals surface area contributed by atoms with Crippen molar-refractivity contribution >= 4 is 11.6 Å². The number of non-ortho nitro benzene ring substituents is 1. The molecule has 1 fully saturated rings. The van der Waals surface area contributed by atoms with Crippen LogP contribution >= 0.6 is 0 Å². The number of carbonyl (C=O) groups excluding carboxylic acids is 1. The number of nitro groups is 1. The third-order valence-corrected chi connectivity index (χ3v) is 2.46. The van der Waals surface area contributed by atoms with Crippen LogP contribution in [0.25, 0.3) is 0 Å². The first-order valence-electron chi connectivity index (χ1n) is 4.68. The highest BCUT2D eigenvalue weighted by Gasteiger charge is 2.35. The molecule has 1 heterocycles. The Morgan fingerprint density at radius 3 is 2.88 bits per heavy atom. The van der Waals surface area contributed by atoms with Gasteiger partial charge in [0.15, 0.2) is 6.54 Å². The maximum atomic E-state index is 11.1. The monoisotopic (exact) mass is 224 g/mol. The second kappa shape index (κ2) is 3.87. The van der Waals surface area contributed by atoms with Crippen LogP contribution < -0.4 is 5.32 Å². The Bertz CT molecular complexity index is 448. The van der Waals surface area contributed by atoms with Gasteiger partial charge in [-0.05, 0) is 0 Å². The standard InChI is InChI=1S/C9H9N3O4/c13-8-5-10-9(11(8)14)6-2-1-3-7(4-6)12(15)16/h1-4,9-10,14H,5H2/p+1. The van der Waals surface area contributed by atoms with E-state index in [1.165, 1.54) is 18.2 Å². The van der Waals surface area contributed by atoms with E-state index in [0.717, 1.165) is 0 Å². The van der Waals surface area contributed by atoms with Crippen LogP contribution in [0.1, 0.15) is 11.7 Å². The van der Waals surface area contributed by atoms with Crippen molar-refractivity contribution in [2.24, 2.45) is 0 Å². The average Bonchev–Trinajstić information content (AvgIpc) is 2.60. The fourth-order valence-corrected chi connectivity index (χ4v) is 1.66. The van der Waals surface area contributed by atoms with E-state index in [0.29, 0.717) is 10.6 Å². The van der Waals surface area contributed by atoms with Crippen LogP contribution in [0.5, 0.6) is 0 Å². The highest BCUT2D eigenvalue weighted by Crippen LogP contribution is 2.20. The van der Waals surface area contributed by atoms with Gasteiger partial charge in [0.2, 0.25) is 6.17 Å². The molecule has 7 nitrogen and oxygen atoms in total. The van der Waals surface area contributed by atoms with E-state index in [1.54, 1.807) is 11.4 Å². The minimum atomic E-state index is -0.590. The van der Waals surface area contributed by atoms with Crippen molar-refractivity contribution in [2.75, 3.05) is 6.54 Å². The second-order valence-electron chi connectivity index (χ2n) is 3.48. The van der Waals surface area contributed by atoms with E-state index in [4.69, 9.17) is 0 Å². The van der Waals surface area contributed by atoms with Gasteiger partial charge in [0.25, 0.3) is 5.69 Å². The molecule has 3 N–H and O–H groups in total. The summed E-state index contributed by atoms with van der Waals surface area (Å²) < 4.78 is 0. The van der Waals surface area contributed by atoms with Gasteiger partial charge in [-0.15, -0.1) is 0 Å². The van der Waals surface area contributed by atoms with Crippen LogP contribution in [0.2, 0.25) is 0 Å². The molecule has 0 aromatic heterocycles. The molecule has 1 aliphatic rings. The molecule has 7 heteroatoms. The molecule has 0 spiro atoms. The zero-order valence-corrected chi connectivity index (χ0v) is 8.24. The molecule has 0 bridgehead atoms. The zero-order chi connectivity index (χ0) is 11.7. The predicted molar refractivity (Wildman–Crippen MR) is 51.3 cm³/mol. The normalized spacial score (nSPS) is 20.2. The first-order chi connectivity index (χ1) is 7.59. The molecule has 0 aliphatic carbocycles. The van der Waals surface area contributed by atoms with E-state index in [1.807, 2.05) is 0 Å². The summed E-state index contributed by atoms with van der Waals surface area (Å²) in [5, 5.41) is 22.2. The van der Waals surface area contributed by atoms with Crippen molar-refractivity contribution < 1.29 is 20.2 Å². The van der Waals surface area contributed by atoms with Crippen LogP contribution in [0.15, 0.2) is 24.3 Å². The van der Waals surface area contributed by atoms with Crippen LogP contribution in [-0.4, -0.2) is 27.6 Å². The van der Waals surface area contributed by atoms with Gasteiger partial charge in [-0.25, -0.2) is 0 Å². The van der Waals surface area contributed by atoms with Crippen molar-refractivity contribution in [3.8, 4) is 0 Å². The summed E-state index contributed by atoms with van der Waals surface area (Å²) in [4.78, 5) is 21.1. The summed E-state index contributed by atoms with van der Waals surface area (Å²) in [6, 6.07) is 5.87. The number of rotatable bonds is 2. The van der Waals surface area contributed by atoms with Crippen LogP contribution in [0.4, 0.5) is 5.69 Å². The number of nitrogens with two attached hydrogens (primary N) is 1. The molecule has 0 saturated carbocycles. The van der Waals surface area contributed by atoms with E-state index in [2.05, 4.69) is 0 Å². The summed E-state index contributed by atoms with van der Waals surface area (Å²) >= 11 is 0. The Labute approximate surface area is 90.4 Å². The molecular formula is C9H10N3O4+. The lowest BCUT2D eigenvalue weighted by Gasteiger charge is -2.13. The Morgan fingerprint density at radius 2 is 2.31 bits per heavy atom. The first kappa shape index (κ1) is 10.5. The van der Waals surface area contributed by atoms with E-state index < -0.39 is 17.0 Å². The molecule has 2 rings (SSSR count). The number of carbonyl (C=O) groups is 1. The third kappa shape index (κ3) is 1.73. The topological polar surface area (TPSA) is 100 Å². The van der Waals surface area contributed by atoms with Crippen molar-refractivity contribution in [2.45, 2.75) is 6.17 Å². The predicted octanol–water partition coefficient (Wildman–Crippen LogP) is -0.612. The minimum absolute atomic E-state index is 0.0568. The zero-order valence-electron chi connectivity index (χ0n) is 8.24. The fourth-order valence-electron chi connectivity index (χ4n) is 1.66. The lowest BCUT2D eigenvalue weighted by Crippen LogP contribution is -2.83. The number of hydrogen-bond donors (Lipinski definition) is 2. The van der Waals surface area contributed by atoms with Crippen molar-refractivity contribution in [1.82, 2.24) is 5.06 Å². The van der Waals surface area contributed by atoms with Gasteiger partial charge >= 0.3 is 5.91 Å². The second-order valence-corrected chi connectivity index (χ2v) is 3.48. The van der Waals surface area contributed by atoms with E-state index >= 15 is 0 Å². The van der Waals surface area contributed by atoms with E-state index in [-0.39, 0.29) is 12.2 Å². The number of quaternary nitrogens is 1. The molecule has 1 atom stereocenters. The molecule has 16 heavy (non-hydrogen) atoms. The number of hydroxylamine groups is 2. The maximum Gasteiger partial charge on any atom is 0.306 e. The summed E-state index contributed by atoms with van der Waals surface area (Å²) in [7, 11) is 0. The van der Waals surface area contributed by atoms with Gasteiger partial charge < -0.3 is 5.32 Å². The SMILES string of the molecule is O=C1C[NH2+]C(c2cccc([N+](=O)[O-])c2)N1O. The van der Waals surface area contributed by atoms with Crippen LogP contribution in [0.3, 0.4) is 0 Å². The van der Waals surface area contributed by atoms with Crippen LogP contribution in [0, 0.1) is 10.1 Å². The van der Waals surface area contributed by atoms with Crippen molar-refractivity contribution in [1.29, 1.82) is 0 Å². The van der Waals surface area contributed by atoms with Gasteiger partial charge in [0, 0.05) is 17.7 Å². The molecular weight excluding hydrogens is 214 g/mol. The summed E-state index contributed by atoms with van der Waals surface area (Å²) in [6.45, 7) is 0.143. The van der Waals surface area contributed by atoms with Gasteiger partial charge in [-0.1, -0.05) is 12.1 Å². The van der Waals surface area contributed by atoms with Crippen molar-refractivity contribution in [3.05, 3.63) is 39.9 Å². The van der Waals surface area contributed by atoms with E-state index in [9.17, 15) is 20.1 Å². The summed E-state index contributed by atoms with van der Waals surface area (Å²) in [6.07, 6.45) is -0.590. The Hall–Kier alpha value is -1.99. The number of amides is 1. The number of nitrogens with zero attached hydrogens (tertiary/aromatic N) is 2. The Balaban J connectivity index is 2.31. The largest absolute Gasteiger partial charge is 0.313 e. The summed E-state index contributed by atoms with van der Waals surface area (Å²) in [5.41, 5.74) is 0.473. The minimum Gasteiger partial charge on any atom is -0.313 e. The molecule has 1 aromatic rings. The third-order valence-electron chi connectivity index (χ3n) is 2.46. The van der Waals surface area contributed by atoms with Crippen molar-refractivity contribution in [3.63, 3.8) is 0 Å². The smallest absolute Gasteiger partial charge is 0.306 e. The molecule has 1 saturated heterocycles. The maximum absolute atomic E-state index is 11.1. The lowest BCUT2D eigenvalue weighted by atomic mass is 10.1. The van der Waals surface area contributed by atoms with Crippen LogP contribution in [-0.2, 0) is 4.79 Å². The Kier molecular flexibility index (Phi) is 2.55. The number of benzene rings is 1. The highest BCUT2D eigenvalue weighted by atomic mass is 16.6. The summed E-state index contributed by atoms with van der Waals surface area (Å²) in [5.74, 6) is -0.406. The molecule has 1 aliphatic heterocycles. The molecule has 1 aromatic carbocycles. The lowest BCUT2D eigenvalue weighted by molar-refractivity contribution is -0.694. The van der Waals surface area contributed by atoms with Gasteiger partial charge in [-0.3, -0.25) is 20.1 Å². The fraction of sp³-hybridized carbons (Fsp3) is 0.222. The number of hydrogen-bond acceptors (Lipinski definition) is 4. The first-order valence-corrected chi connectivity index (χ1v) is 4.68. The average molecular weight is 224 g/mol. The van der Waals surface area contributed by atoms with Gasteiger partial charge in [-0.2, -0.15) is 5.06 Å². The highest BCUT2D eigenvalue weighted by molar-refractivity contribution is 5.77. The molecule has 1 unspecified atom stereocenters. The van der Waals surface area contributed by atoms with Gasteiger partial charge in [0.05, 0.1) is 4.92 Å². The molecule has 1 amide bonds. The quantitative estimate of drug-likeness (QED) is 0.397. The molecule has 84 valence electrons. The van der Waals surface area contributed by atoms with Gasteiger partial charge in [0.1, 0.15) is 0 Å². The number of nitro benzene ring substituents is 1.